The summed E-state index contributed by atoms with van der Waals surface area (Å²) in [5.74, 6) is 0.801. The van der Waals surface area contributed by atoms with Gasteiger partial charge in [0.15, 0.2) is 0 Å². The summed E-state index contributed by atoms with van der Waals surface area (Å²) in [4.78, 5) is 0. The fourth-order valence-corrected chi connectivity index (χ4v) is 1.27. The summed E-state index contributed by atoms with van der Waals surface area (Å²) in [7, 11) is 0. The molecule has 0 radical (unpaired) electrons. The molecule has 0 bridgehead atoms. The third-order valence-corrected chi connectivity index (χ3v) is 2.12. The van der Waals surface area contributed by atoms with Crippen molar-refractivity contribution in [1.82, 2.24) is 0 Å². The van der Waals surface area contributed by atoms with Crippen molar-refractivity contribution in [2.75, 3.05) is 13.2 Å². The van der Waals surface area contributed by atoms with Gasteiger partial charge < -0.3 is 15.6 Å². The number of benzene rings is 1. The van der Waals surface area contributed by atoms with E-state index in [1.165, 1.54) is 0 Å². The Morgan fingerprint density at radius 1 is 1.40 bits per heavy atom. The van der Waals surface area contributed by atoms with E-state index >= 15 is 0 Å². The lowest BCUT2D eigenvalue weighted by Gasteiger charge is -2.11. The molecule has 1 aromatic rings. The van der Waals surface area contributed by atoms with E-state index in [0.29, 0.717) is 13.0 Å². The zero-order valence-corrected chi connectivity index (χ0v) is 8.73. The molecule has 3 N–H and O–H groups in total. The molecule has 0 aliphatic heterocycles. The van der Waals surface area contributed by atoms with E-state index in [2.05, 4.69) is 6.58 Å². The van der Waals surface area contributed by atoms with E-state index in [4.69, 9.17) is 15.6 Å². The zero-order chi connectivity index (χ0) is 11.1. The van der Waals surface area contributed by atoms with E-state index in [1.807, 2.05) is 24.3 Å². The summed E-state index contributed by atoms with van der Waals surface area (Å²) in [6.07, 6.45) is 2.28. The molecule has 0 aromatic heterocycles. The van der Waals surface area contributed by atoms with Crippen LogP contribution >= 0.6 is 0 Å². The average Bonchev–Trinajstić information content (AvgIpc) is 2.27. The van der Waals surface area contributed by atoms with Gasteiger partial charge in [0, 0.05) is 12.6 Å². The summed E-state index contributed by atoms with van der Waals surface area (Å²) in [6.45, 7) is 4.18. The summed E-state index contributed by atoms with van der Waals surface area (Å²) in [5.41, 5.74) is 6.85. The standard InChI is InChI=1S/C12H17NO2/c1-2-9-15-11-5-3-10(4-6-11)12(13)7-8-14/h2-6,12,14H,1,7-9,13H2/t12-/m1/s1. The first-order chi connectivity index (χ1) is 7.27. The Bertz CT molecular complexity index is 295. The number of nitrogens with two attached hydrogens (primary N) is 1. The maximum absolute atomic E-state index is 8.75. The monoisotopic (exact) mass is 207 g/mol. The average molecular weight is 207 g/mol. The number of hydrogen-bond acceptors (Lipinski definition) is 3. The van der Waals surface area contributed by atoms with E-state index in [1.54, 1.807) is 6.08 Å². The zero-order valence-electron chi connectivity index (χ0n) is 8.73. The topological polar surface area (TPSA) is 55.5 Å². The highest BCUT2D eigenvalue weighted by Crippen LogP contribution is 2.18. The molecule has 0 aliphatic carbocycles. The number of ether oxygens (including phenoxy) is 1. The van der Waals surface area contributed by atoms with Crippen LogP contribution in [0.15, 0.2) is 36.9 Å². The Labute approximate surface area is 90.2 Å². The van der Waals surface area contributed by atoms with Gasteiger partial charge in [-0.3, -0.25) is 0 Å². The second kappa shape index (κ2) is 6.22. The van der Waals surface area contributed by atoms with Gasteiger partial charge in [-0.05, 0) is 24.1 Å². The first-order valence-electron chi connectivity index (χ1n) is 4.98. The molecule has 3 heteroatoms. The van der Waals surface area contributed by atoms with Crippen molar-refractivity contribution in [3.05, 3.63) is 42.5 Å². The van der Waals surface area contributed by atoms with Crippen LogP contribution in [0.5, 0.6) is 5.75 Å². The van der Waals surface area contributed by atoms with Crippen LogP contribution in [0.2, 0.25) is 0 Å². The SMILES string of the molecule is C=CCOc1ccc([C@H](N)CCO)cc1. The summed E-state index contributed by atoms with van der Waals surface area (Å²) in [5, 5.41) is 8.75. The van der Waals surface area contributed by atoms with Crippen LogP contribution in [-0.4, -0.2) is 18.3 Å². The molecular formula is C12H17NO2. The van der Waals surface area contributed by atoms with Crippen molar-refractivity contribution in [2.45, 2.75) is 12.5 Å². The van der Waals surface area contributed by atoms with Crippen LogP contribution in [0.25, 0.3) is 0 Å². The minimum atomic E-state index is -0.108. The highest BCUT2D eigenvalue weighted by atomic mass is 16.5. The molecule has 0 saturated heterocycles. The number of aliphatic hydroxyl groups is 1. The second-order valence-corrected chi connectivity index (χ2v) is 3.29. The molecular weight excluding hydrogens is 190 g/mol. The molecule has 1 aromatic carbocycles. The molecule has 0 unspecified atom stereocenters. The van der Waals surface area contributed by atoms with E-state index in [0.717, 1.165) is 11.3 Å². The fraction of sp³-hybridized carbons (Fsp3) is 0.333. The highest BCUT2D eigenvalue weighted by Gasteiger charge is 2.04. The number of hydrogen-bond donors (Lipinski definition) is 2. The summed E-state index contributed by atoms with van der Waals surface area (Å²) >= 11 is 0. The summed E-state index contributed by atoms with van der Waals surface area (Å²) in [6, 6.07) is 7.47. The van der Waals surface area contributed by atoms with Crippen molar-refractivity contribution in [3.8, 4) is 5.75 Å². The molecule has 3 nitrogen and oxygen atoms in total. The lowest BCUT2D eigenvalue weighted by molar-refractivity contribution is 0.276. The van der Waals surface area contributed by atoms with Gasteiger partial charge in [0.2, 0.25) is 0 Å². The minimum absolute atomic E-state index is 0.107. The minimum Gasteiger partial charge on any atom is -0.490 e. The quantitative estimate of drug-likeness (QED) is 0.697. The summed E-state index contributed by atoms with van der Waals surface area (Å²) < 4.78 is 5.34. The predicted molar refractivity (Wildman–Crippen MR) is 60.8 cm³/mol. The van der Waals surface area contributed by atoms with Crippen molar-refractivity contribution in [1.29, 1.82) is 0 Å². The van der Waals surface area contributed by atoms with Crippen molar-refractivity contribution in [3.63, 3.8) is 0 Å². The van der Waals surface area contributed by atoms with Crippen LogP contribution in [0.1, 0.15) is 18.0 Å². The van der Waals surface area contributed by atoms with Crippen LogP contribution in [0, 0.1) is 0 Å². The Kier molecular flexibility index (Phi) is 4.87. The first kappa shape index (κ1) is 11.8. The number of rotatable bonds is 6. The van der Waals surface area contributed by atoms with E-state index < -0.39 is 0 Å². The van der Waals surface area contributed by atoms with E-state index in [-0.39, 0.29) is 12.6 Å². The molecule has 82 valence electrons. The molecule has 0 heterocycles. The molecule has 1 rings (SSSR count). The van der Waals surface area contributed by atoms with Crippen molar-refractivity contribution in [2.24, 2.45) is 5.73 Å². The van der Waals surface area contributed by atoms with Crippen LogP contribution < -0.4 is 10.5 Å². The van der Waals surface area contributed by atoms with Gasteiger partial charge in [0.25, 0.3) is 0 Å². The third kappa shape index (κ3) is 3.73. The van der Waals surface area contributed by atoms with Crippen LogP contribution in [0.4, 0.5) is 0 Å². The van der Waals surface area contributed by atoms with Gasteiger partial charge in [0.05, 0.1) is 0 Å². The van der Waals surface area contributed by atoms with Gasteiger partial charge >= 0.3 is 0 Å². The number of aliphatic hydroxyl groups excluding tert-OH is 1. The Morgan fingerprint density at radius 3 is 2.60 bits per heavy atom. The van der Waals surface area contributed by atoms with Crippen molar-refractivity contribution < 1.29 is 9.84 Å². The van der Waals surface area contributed by atoms with Crippen LogP contribution in [-0.2, 0) is 0 Å². The highest BCUT2D eigenvalue weighted by molar-refractivity contribution is 5.29. The predicted octanol–water partition coefficient (Wildman–Crippen LogP) is 1.63. The largest absolute Gasteiger partial charge is 0.490 e. The molecule has 0 amide bonds. The fourth-order valence-electron chi connectivity index (χ4n) is 1.27. The van der Waals surface area contributed by atoms with Gasteiger partial charge in [-0.1, -0.05) is 24.8 Å². The lowest BCUT2D eigenvalue weighted by atomic mass is 10.1. The van der Waals surface area contributed by atoms with Gasteiger partial charge in [0.1, 0.15) is 12.4 Å². The molecule has 15 heavy (non-hydrogen) atoms. The van der Waals surface area contributed by atoms with E-state index in [9.17, 15) is 0 Å². The van der Waals surface area contributed by atoms with Gasteiger partial charge in [-0.25, -0.2) is 0 Å². The third-order valence-electron chi connectivity index (χ3n) is 2.12. The molecule has 0 fully saturated rings. The first-order valence-corrected chi connectivity index (χ1v) is 4.98. The van der Waals surface area contributed by atoms with Crippen LogP contribution in [0.3, 0.4) is 0 Å². The Hall–Kier alpha value is -1.32. The Morgan fingerprint density at radius 2 is 2.07 bits per heavy atom. The van der Waals surface area contributed by atoms with Gasteiger partial charge in [-0.15, -0.1) is 0 Å². The molecule has 0 spiro atoms. The molecule has 0 saturated carbocycles. The smallest absolute Gasteiger partial charge is 0.119 e. The lowest BCUT2D eigenvalue weighted by Crippen LogP contribution is -2.11. The maximum Gasteiger partial charge on any atom is 0.119 e. The Balaban J connectivity index is 2.58. The molecule has 1 atom stereocenters. The molecule has 0 aliphatic rings. The van der Waals surface area contributed by atoms with Gasteiger partial charge in [-0.2, -0.15) is 0 Å². The van der Waals surface area contributed by atoms with Crippen molar-refractivity contribution >= 4 is 0 Å². The normalized spacial score (nSPS) is 12.1. The second-order valence-electron chi connectivity index (χ2n) is 3.29. The maximum atomic E-state index is 8.75.